The van der Waals surface area contributed by atoms with E-state index in [2.05, 4.69) is 10.3 Å². The fraction of sp³-hybridized carbons (Fsp3) is 0.636. The average molecular weight is 311 g/mol. The van der Waals surface area contributed by atoms with Crippen LogP contribution in [-0.4, -0.2) is 32.2 Å². The number of hydrogen-bond donors (Lipinski definition) is 3. The summed E-state index contributed by atoms with van der Waals surface area (Å²) >= 11 is 0. The van der Waals surface area contributed by atoms with Gasteiger partial charge in [0.05, 0.1) is 11.3 Å². The van der Waals surface area contributed by atoms with Gasteiger partial charge in [-0.15, -0.1) is 0 Å². The lowest BCUT2D eigenvalue weighted by Gasteiger charge is -2.07. The molecule has 9 heteroatoms. The van der Waals surface area contributed by atoms with Gasteiger partial charge in [0.25, 0.3) is 0 Å². The lowest BCUT2D eigenvalue weighted by molar-refractivity contribution is -0.132. The summed E-state index contributed by atoms with van der Waals surface area (Å²) in [5.41, 5.74) is 0.688. The minimum absolute atomic E-state index is 0.0488. The summed E-state index contributed by atoms with van der Waals surface area (Å²) in [7, 11) is -3.89. The van der Waals surface area contributed by atoms with Crippen LogP contribution in [-0.2, 0) is 16.6 Å². The van der Waals surface area contributed by atoms with E-state index in [9.17, 15) is 21.6 Å². The van der Waals surface area contributed by atoms with Crippen LogP contribution in [0.1, 0.15) is 25.0 Å². The number of nitrogens with one attached hydrogen (secondary N) is 3. The molecule has 20 heavy (non-hydrogen) atoms. The molecular weight excluding hydrogens is 295 g/mol. The van der Waals surface area contributed by atoms with E-state index in [1.807, 2.05) is 4.72 Å². The summed E-state index contributed by atoms with van der Waals surface area (Å²) < 4.78 is 61.4. The highest BCUT2D eigenvalue weighted by molar-refractivity contribution is 7.89. The van der Waals surface area contributed by atoms with Gasteiger partial charge in [-0.25, -0.2) is 13.1 Å². The predicted molar refractivity (Wildman–Crippen MR) is 66.5 cm³/mol. The molecule has 1 aliphatic carbocycles. The zero-order valence-electron chi connectivity index (χ0n) is 10.6. The molecule has 5 nitrogen and oxygen atoms in total. The monoisotopic (exact) mass is 311 g/mol. The van der Waals surface area contributed by atoms with Gasteiger partial charge in [0.2, 0.25) is 10.0 Å². The van der Waals surface area contributed by atoms with Crippen molar-refractivity contribution in [3.05, 3.63) is 18.0 Å². The molecule has 1 aromatic heterocycles. The van der Waals surface area contributed by atoms with Gasteiger partial charge >= 0.3 is 6.18 Å². The molecule has 1 saturated carbocycles. The van der Waals surface area contributed by atoms with E-state index in [0.29, 0.717) is 18.3 Å². The van der Waals surface area contributed by atoms with E-state index >= 15 is 0 Å². The minimum Gasteiger partial charge on any atom is -0.363 e. The van der Waals surface area contributed by atoms with Crippen molar-refractivity contribution in [2.45, 2.75) is 42.9 Å². The molecule has 0 spiro atoms. The molecule has 0 aromatic carbocycles. The quantitative estimate of drug-likeness (QED) is 0.714. The first-order valence-electron chi connectivity index (χ1n) is 6.23. The lowest BCUT2D eigenvalue weighted by Crippen LogP contribution is -2.27. The molecule has 1 fully saturated rings. The van der Waals surface area contributed by atoms with Crippen LogP contribution >= 0.6 is 0 Å². The van der Waals surface area contributed by atoms with Gasteiger partial charge in [0, 0.05) is 31.0 Å². The molecule has 0 amide bonds. The number of halogens is 3. The van der Waals surface area contributed by atoms with Gasteiger partial charge < -0.3 is 10.3 Å². The Morgan fingerprint density at radius 1 is 1.35 bits per heavy atom. The van der Waals surface area contributed by atoms with Crippen molar-refractivity contribution < 1.29 is 21.6 Å². The highest BCUT2D eigenvalue weighted by atomic mass is 32.2. The van der Waals surface area contributed by atoms with Crippen LogP contribution in [0.15, 0.2) is 17.2 Å². The largest absolute Gasteiger partial charge is 0.390 e. The molecule has 0 bridgehead atoms. The topological polar surface area (TPSA) is 74.0 Å². The van der Waals surface area contributed by atoms with E-state index < -0.39 is 29.2 Å². The zero-order valence-corrected chi connectivity index (χ0v) is 11.4. The van der Waals surface area contributed by atoms with E-state index in [4.69, 9.17) is 0 Å². The zero-order chi connectivity index (χ0) is 14.8. The fourth-order valence-corrected chi connectivity index (χ4v) is 2.68. The lowest BCUT2D eigenvalue weighted by atomic mass is 10.4. The third kappa shape index (κ3) is 4.80. The van der Waals surface area contributed by atoms with Gasteiger partial charge in [0.15, 0.2) is 0 Å². The standard InChI is InChI=1S/C11H16F3N3O2S/c12-11(13,14)3-4-17-20(18,19)10-5-9(16-7-10)6-15-8-1-2-8/h5,7-8,15-17H,1-4,6H2. The van der Waals surface area contributed by atoms with Crippen LogP contribution in [0.4, 0.5) is 13.2 Å². The van der Waals surface area contributed by atoms with Crippen LogP contribution in [0.3, 0.4) is 0 Å². The molecule has 0 unspecified atom stereocenters. The second kappa shape index (κ2) is 5.74. The van der Waals surface area contributed by atoms with E-state index in [-0.39, 0.29) is 4.90 Å². The van der Waals surface area contributed by atoms with Crippen LogP contribution in [0.5, 0.6) is 0 Å². The maximum atomic E-state index is 12.0. The molecule has 1 aromatic rings. The Hall–Kier alpha value is -1.06. The SMILES string of the molecule is O=S(=O)(NCCC(F)(F)F)c1c[nH]c(CNC2CC2)c1. The number of aromatic amines is 1. The van der Waals surface area contributed by atoms with Crippen molar-refractivity contribution in [3.63, 3.8) is 0 Å². The fourth-order valence-electron chi connectivity index (χ4n) is 1.63. The number of H-pyrrole nitrogens is 1. The molecular formula is C11H16F3N3O2S. The van der Waals surface area contributed by atoms with E-state index in [1.54, 1.807) is 0 Å². The van der Waals surface area contributed by atoms with Crippen LogP contribution in [0.2, 0.25) is 0 Å². The maximum Gasteiger partial charge on any atom is 0.390 e. The van der Waals surface area contributed by atoms with Crippen LogP contribution in [0, 0.1) is 0 Å². The molecule has 1 heterocycles. The highest BCUT2D eigenvalue weighted by Gasteiger charge is 2.28. The first-order chi connectivity index (χ1) is 9.26. The van der Waals surface area contributed by atoms with Crippen molar-refractivity contribution in [1.29, 1.82) is 0 Å². The van der Waals surface area contributed by atoms with Gasteiger partial charge in [-0.1, -0.05) is 0 Å². The third-order valence-electron chi connectivity index (χ3n) is 2.89. The van der Waals surface area contributed by atoms with E-state index in [1.165, 1.54) is 12.3 Å². The summed E-state index contributed by atoms with van der Waals surface area (Å²) in [6.45, 7) is -0.143. The smallest absolute Gasteiger partial charge is 0.363 e. The first-order valence-corrected chi connectivity index (χ1v) is 7.72. The van der Waals surface area contributed by atoms with Crippen molar-refractivity contribution in [1.82, 2.24) is 15.0 Å². The van der Waals surface area contributed by atoms with E-state index in [0.717, 1.165) is 12.8 Å². The normalized spacial score (nSPS) is 16.6. The number of rotatable bonds is 7. The Bertz CT molecular complexity index is 550. The minimum atomic E-state index is -4.37. The summed E-state index contributed by atoms with van der Waals surface area (Å²) in [4.78, 5) is 2.75. The number of sulfonamides is 1. The number of alkyl halides is 3. The average Bonchev–Trinajstić information content (AvgIpc) is 3.01. The van der Waals surface area contributed by atoms with Crippen molar-refractivity contribution in [2.75, 3.05) is 6.54 Å². The van der Waals surface area contributed by atoms with Gasteiger partial charge in [0.1, 0.15) is 0 Å². The molecule has 0 atom stereocenters. The summed E-state index contributed by atoms with van der Waals surface area (Å²) in [5, 5.41) is 3.21. The Morgan fingerprint density at radius 2 is 2.05 bits per heavy atom. The summed E-state index contributed by atoms with van der Waals surface area (Å²) in [5.74, 6) is 0. The summed E-state index contributed by atoms with van der Waals surface area (Å²) in [6.07, 6.45) is -2.05. The molecule has 114 valence electrons. The second-order valence-electron chi connectivity index (χ2n) is 4.78. The molecule has 0 aliphatic heterocycles. The molecule has 1 aliphatic rings. The number of hydrogen-bond acceptors (Lipinski definition) is 3. The molecule has 0 saturated heterocycles. The van der Waals surface area contributed by atoms with Crippen molar-refractivity contribution in [2.24, 2.45) is 0 Å². The Labute approximate surface area is 115 Å². The van der Waals surface area contributed by atoms with Gasteiger partial charge in [-0.3, -0.25) is 0 Å². The molecule has 0 radical (unpaired) electrons. The van der Waals surface area contributed by atoms with Crippen molar-refractivity contribution >= 4 is 10.0 Å². The van der Waals surface area contributed by atoms with Gasteiger partial charge in [-0.05, 0) is 18.9 Å². The first kappa shape index (κ1) is 15.3. The predicted octanol–water partition coefficient (Wildman–Crippen LogP) is 1.50. The molecule has 2 rings (SSSR count). The maximum absolute atomic E-state index is 12.0. The Balaban J connectivity index is 1.87. The Kier molecular flexibility index (Phi) is 4.40. The number of aromatic nitrogens is 1. The third-order valence-corrected chi connectivity index (χ3v) is 4.33. The van der Waals surface area contributed by atoms with Crippen molar-refractivity contribution in [3.8, 4) is 0 Å². The Morgan fingerprint density at radius 3 is 2.65 bits per heavy atom. The second-order valence-corrected chi connectivity index (χ2v) is 6.55. The van der Waals surface area contributed by atoms with Crippen LogP contribution < -0.4 is 10.0 Å². The van der Waals surface area contributed by atoms with Crippen LogP contribution in [0.25, 0.3) is 0 Å². The highest BCUT2D eigenvalue weighted by Crippen LogP contribution is 2.20. The molecule has 3 N–H and O–H groups in total. The van der Waals surface area contributed by atoms with Gasteiger partial charge in [-0.2, -0.15) is 13.2 Å². The summed E-state index contributed by atoms with van der Waals surface area (Å²) in [6, 6.07) is 1.91.